The lowest BCUT2D eigenvalue weighted by Gasteiger charge is -2.20. The Hall–Kier alpha value is -1.80. The molecule has 1 aliphatic heterocycles. The maximum Gasteiger partial charge on any atom is 0.416 e. The largest absolute Gasteiger partial charge is 0.480 e. The fraction of sp³-hybridized carbons (Fsp3) is 0.429. The smallest absolute Gasteiger partial charge is 0.416 e. The summed E-state index contributed by atoms with van der Waals surface area (Å²) in [5.41, 5.74) is -1.08. The third-order valence-corrected chi connectivity index (χ3v) is 3.89. The molecule has 126 valence electrons. The Morgan fingerprint density at radius 1 is 1.39 bits per heavy atom. The van der Waals surface area contributed by atoms with Crippen LogP contribution in [-0.2, 0) is 15.8 Å². The fourth-order valence-electron chi connectivity index (χ4n) is 2.47. The van der Waals surface area contributed by atoms with E-state index >= 15 is 0 Å². The van der Waals surface area contributed by atoms with Crippen molar-refractivity contribution < 1.29 is 27.9 Å². The van der Waals surface area contributed by atoms with Crippen molar-refractivity contribution in [2.24, 2.45) is 0 Å². The number of carboxylic acids is 1. The highest BCUT2D eigenvalue weighted by atomic mass is 35.5. The van der Waals surface area contributed by atoms with Gasteiger partial charge in [-0.05, 0) is 37.6 Å². The summed E-state index contributed by atoms with van der Waals surface area (Å²) in [7, 11) is 0. The maximum absolute atomic E-state index is 12.7. The van der Waals surface area contributed by atoms with Gasteiger partial charge in [-0.1, -0.05) is 11.6 Å². The quantitative estimate of drug-likeness (QED) is 0.876. The normalized spacial score (nSPS) is 18.9. The summed E-state index contributed by atoms with van der Waals surface area (Å²) >= 11 is 5.80. The molecule has 1 fully saturated rings. The average Bonchev–Trinajstić information content (AvgIpc) is 2.88. The Balaban J connectivity index is 2.07. The molecule has 0 aliphatic carbocycles. The minimum Gasteiger partial charge on any atom is -0.480 e. The van der Waals surface area contributed by atoms with Gasteiger partial charge >= 0.3 is 12.1 Å². The third kappa shape index (κ3) is 4.35. The number of rotatable bonds is 4. The van der Waals surface area contributed by atoms with Gasteiger partial charge in [0.2, 0.25) is 5.91 Å². The second-order valence-electron chi connectivity index (χ2n) is 5.21. The average molecular weight is 351 g/mol. The van der Waals surface area contributed by atoms with Crippen molar-refractivity contribution in [2.75, 3.05) is 18.4 Å². The van der Waals surface area contributed by atoms with Gasteiger partial charge in [-0.3, -0.25) is 14.5 Å². The minimum atomic E-state index is -4.55. The van der Waals surface area contributed by atoms with Gasteiger partial charge in [0.05, 0.1) is 22.8 Å². The predicted molar refractivity (Wildman–Crippen MR) is 77.3 cm³/mol. The van der Waals surface area contributed by atoms with Crippen LogP contribution in [0.1, 0.15) is 18.4 Å². The zero-order chi connectivity index (χ0) is 17.2. The van der Waals surface area contributed by atoms with Crippen LogP contribution >= 0.6 is 11.6 Å². The third-order valence-electron chi connectivity index (χ3n) is 3.56. The van der Waals surface area contributed by atoms with E-state index in [0.29, 0.717) is 19.4 Å². The van der Waals surface area contributed by atoms with Crippen molar-refractivity contribution in [1.29, 1.82) is 0 Å². The number of anilines is 1. The molecular formula is C14H14ClF3N2O3. The fourth-order valence-corrected chi connectivity index (χ4v) is 2.63. The topological polar surface area (TPSA) is 69.6 Å². The van der Waals surface area contributed by atoms with Crippen molar-refractivity contribution in [1.82, 2.24) is 4.90 Å². The summed E-state index contributed by atoms with van der Waals surface area (Å²) in [6.45, 7) is 0.226. The van der Waals surface area contributed by atoms with E-state index < -0.39 is 29.7 Å². The molecule has 0 saturated carbocycles. The van der Waals surface area contributed by atoms with Crippen LogP contribution in [-0.4, -0.2) is 41.0 Å². The molecule has 1 aromatic rings. The van der Waals surface area contributed by atoms with E-state index in [1.807, 2.05) is 0 Å². The van der Waals surface area contributed by atoms with E-state index in [2.05, 4.69) is 5.32 Å². The lowest BCUT2D eigenvalue weighted by Crippen LogP contribution is -2.40. The van der Waals surface area contributed by atoms with E-state index in [4.69, 9.17) is 16.7 Å². The minimum absolute atomic E-state index is 0.0254. The molecule has 9 heteroatoms. The van der Waals surface area contributed by atoms with Gasteiger partial charge in [0.15, 0.2) is 0 Å². The highest BCUT2D eigenvalue weighted by Gasteiger charge is 2.33. The number of nitrogens with zero attached hydrogens (tertiary/aromatic N) is 1. The van der Waals surface area contributed by atoms with Crippen LogP contribution in [0.5, 0.6) is 0 Å². The number of aliphatic carboxylic acids is 1. The summed E-state index contributed by atoms with van der Waals surface area (Å²) in [4.78, 5) is 24.5. The second kappa shape index (κ2) is 6.76. The van der Waals surface area contributed by atoms with Crippen LogP contribution in [0.3, 0.4) is 0 Å². The number of alkyl halides is 3. The second-order valence-corrected chi connectivity index (χ2v) is 5.61. The zero-order valence-electron chi connectivity index (χ0n) is 11.9. The van der Waals surface area contributed by atoms with Crippen LogP contribution < -0.4 is 5.32 Å². The van der Waals surface area contributed by atoms with Gasteiger partial charge < -0.3 is 10.4 Å². The molecule has 0 spiro atoms. The molecule has 2 N–H and O–H groups in total. The number of halogens is 4. The first kappa shape index (κ1) is 17.6. The number of carbonyl (C=O) groups excluding carboxylic acids is 1. The first-order chi connectivity index (χ1) is 10.7. The van der Waals surface area contributed by atoms with Gasteiger partial charge in [0.1, 0.15) is 6.04 Å². The molecule has 1 saturated heterocycles. The molecule has 1 unspecified atom stereocenters. The first-order valence-corrected chi connectivity index (χ1v) is 7.19. The molecule has 0 radical (unpaired) electrons. The number of likely N-dealkylation sites (tertiary alicyclic amines) is 1. The molecule has 2 rings (SSSR count). The molecular weight excluding hydrogens is 337 g/mol. The molecule has 1 amide bonds. The molecule has 0 aromatic heterocycles. The van der Waals surface area contributed by atoms with Gasteiger partial charge in [0, 0.05) is 0 Å². The maximum atomic E-state index is 12.7. The van der Waals surface area contributed by atoms with Crippen LogP contribution in [0, 0.1) is 0 Å². The van der Waals surface area contributed by atoms with Crippen molar-refractivity contribution in [3.8, 4) is 0 Å². The van der Waals surface area contributed by atoms with E-state index in [9.17, 15) is 22.8 Å². The van der Waals surface area contributed by atoms with Crippen molar-refractivity contribution in [3.63, 3.8) is 0 Å². The van der Waals surface area contributed by atoms with E-state index in [-0.39, 0.29) is 17.3 Å². The first-order valence-electron chi connectivity index (χ1n) is 6.82. The number of benzene rings is 1. The molecule has 1 aliphatic rings. The van der Waals surface area contributed by atoms with E-state index in [1.54, 1.807) is 0 Å². The number of nitrogens with one attached hydrogen (secondary N) is 1. The Kier molecular flexibility index (Phi) is 5.16. The van der Waals surface area contributed by atoms with Crippen LogP contribution in [0.2, 0.25) is 5.02 Å². The number of amides is 1. The summed E-state index contributed by atoms with van der Waals surface area (Å²) in [5.74, 6) is -1.63. The summed E-state index contributed by atoms with van der Waals surface area (Å²) in [6.07, 6.45) is -3.46. The summed E-state index contributed by atoms with van der Waals surface area (Å²) in [5, 5.41) is 11.3. The Labute approximate surface area is 135 Å². The Morgan fingerprint density at radius 2 is 2.09 bits per heavy atom. The van der Waals surface area contributed by atoms with Gasteiger partial charge in [-0.25, -0.2) is 0 Å². The molecule has 1 aromatic carbocycles. The molecule has 23 heavy (non-hydrogen) atoms. The molecule has 0 bridgehead atoms. The lowest BCUT2D eigenvalue weighted by atomic mass is 10.2. The van der Waals surface area contributed by atoms with E-state index in [1.165, 1.54) is 4.90 Å². The van der Waals surface area contributed by atoms with E-state index in [0.717, 1.165) is 18.2 Å². The Morgan fingerprint density at radius 3 is 2.70 bits per heavy atom. The summed E-state index contributed by atoms with van der Waals surface area (Å²) in [6, 6.07) is 1.87. The lowest BCUT2D eigenvalue weighted by molar-refractivity contribution is -0.142. The van der Waals surface area contributed by atoms with Crippen LogP contribution in [0.15, 0.2) is 18.2 Å². The predicted octanol–water partition coefficient (Wildman–Crippen LogP) is 2.85. The number of hydrogen-bond donors (Lipinski definition) is 2. The van der Waals surface area contributed by atoms with Crippen molar-refractivity contribution >= 4 is 29.2 Å². The van der Waals surface area contributed by atoms with Gasteiger partial charge in [-0.15, -0.1) is 0 Å². The zero-order valence-corrected chi connectivity index (χ0v) is 12.6. The number of carboxylic acid groups (broad SMARTS) is 1. The highest BCUT2D eigenvalue weighted by Crippen LogP contribution is 2.33. The number of carbonyl (C=O) groups is 2. The monoisotopic (exact) mass is 350 g/mol. The SMILES string of the molecule is O=C(CN1CCCC1C(=O)O)Nc1cc(C(F)(F)F)ccc1Cl. The van der Waals surface area contributed by atoms with Crippen molar-refractivity contribution in [2.45, 2.75) is 25.1 Å². The highest BCUT2D eigenvalue weighted by molar-refractivity contribution is 6.33. The number of hydrogen-bond acceptors (Lipinski definition) is 3. The van der Waals surface area contributed by atoms with Crippen LogP contribution in [0.25, 0.3) is 0 Å². The van der Waals surface area contributed by atoms with Crippen LogP contribution in [0.4, 0.5) is 18.9 Å². The Bertz CT molecular complexity index is 622. The molecule has 1 heterocycles. The van der Waals surface area contributed by atoms with Gasteiger partial charge in [-0.2, -0.15) is 13.2 Å². The summed E-state index contributed by atoms with van der Waals surface area (Å²) < 4.78 is 38.0. The standard InChI is InChI=1S/C14H14ClF3N2O3/c15-9-4-3-8(14(16,17)18)6-10(9)19-12(21)7-20-5-1-2-11(20)13(22)23/h3-4,6,11H,1-2,5,7H2,(H,19,21)(H,22,23). The molecule has 5 nitrogen and oxygen atoms in total. The van der Waals surface area contributed by atoms with Crippen molar-refractivity contribution in [3.05, 3.63) is 28.8 Å². The van der Waals surface area contributed by atoms with Gasteiger partial charge in [0.25, 0.3) is 0 Å². The molecule has 1 atom stereocenters.